The van der Waals surface area contributed by atoms with Crippen LogP contribution in [0, 0.1) is 0 Å². The summed E-state index contributed by atoms with van der Waals surface area (Å²) in [5.74, 6) is 0.715. The maximum absolute atomic E-state index is 11.9. The molecule has 2 aromatic heterocycles. The highest BCUT2D eigenvalue weighted by Gasteiger charge is 2.16. The summed E-state index contributed by atoms with van der Waals surface area (Å²) in [6.07, 6.45) is 7.44. The zero-order valence-electron chi connectivity index (χ0n) is 12.2. The molecular weight excluding hydrogens is 282 g/mol. The van der Waals surface area contributed by atoms with Gasteiger partial charge in [0.05, 0.1) is 6.10 Å². The second kappa shape index (κ2) is 7.04. The highest BCUT2D eigenvalue weighted by atomic mass is 16.5. The van der Waals surface area contributed by atoms with E-state index in [0.717, 1.165) is 25.0 Å². The van der Waals surface area contributed by atoms with Crippen LogP contribution in [-0.2, 0) is 11.3 Å². The summed E-state index contributed by atoms with van der Waals surface area (Å²) in [7, 11) is 0. The number of carbonyl (C=O) groups excluding carboxylic acids is 1. The molecule has 2 amide bonds. The van der Waals surface area contributed by atoms with Crippen LogP contribution in [0.1, 0.15) is 18.4 Å². The fraction of sp³-hybridized carbons (Fsp3) is 0.400. The number of amides is 2. The first kappa shape index (κ1) is 14.5. The van der Waals surface area contributed by atoms with Crippen molar-refractivity contribution >= 4 is 6.03 Å². The van der Waals surface area contributed by atoms with Gasteiger partial charge in [0.15, 0.2) is 5.82 Å². The molecule has 1 aliphatic rings. The maximum Gasteiger partial charge on any atom is 0.315 e. The SMILES string of the molecule is O=C(NCc1cccnc1-n1cccn1)NC[C@H]1CCCO1. The molecule has 116 valence electrons. The van der Waals surface area contributed by atoms with Gasteiger partial charge in [-0.05, 0) is 25.0 Å². The summed E-state index contributed by atoms with van der Waals surface area (Å²) < 4.78 is 7.15. The summed E-state index contributed by atoms with van der Waals surface area (Å²) in [4.78, 5) is 16.2. The Balaban J connectivity index is 1.54. The average molecular weight is 301 g/mol. The maximum atomic E-state index is 11.9. The molecule has 7 nitrogen and oxygen atoms in total. The van der Waals surface area contributed by atoms with Crippen molar-refractivity contribution in [2.75, 3.05) is 13.2 Å². The minimum Gasteiger partial charge on any atom is -0.376 e. The van der Waals surface area contributed by atoms with Crippen LogP contribution in [-0.4, -0.2) is 40.1 Å². The van der Waals surface area contributed by atoms with E-state index in [1.54, 1.807) is 17.1 Å². The van der Waals surface area contributed by atoms with Gasteiger partial charge in [0.1, 0.15) is 0 Å². The second-order valence-corrected chi connectivity index (χ2v) is 5.14. The highest BCUT2D eigenvalue weighted by Crippen LogP contribution is 2.11. The molecule has 0 unspecified atom stereocenters. The van der Waals surface area contributed by atoms with Gasteiger partial charge in [0, 0.05) is 43.9 Å². The average Bonchev–Trinajstić information content (AvgIpc) is 3.24. The molecule has 0 aliphatic carbocycles. The predicted octanol–water partition coefficient (Wildman–Crippen LogP) is 1.25. The normalized spacial score (nSPS) is 17.4. The Hall–Kier alpha value is -2.41. The van der Waals surface area contributed by atoms with Crippen molar-refractivity contribution in [3.05, 3.63) is 42.4 Å². The van der Waals surface area contributed by atoms with Crippen molar-refractivity contribution in [2.24, 2.45) is 0 Å². The Morgan fingerprint density at radius 1 is 1.36 bits per heavy atom. The molecule has 7 heteroatoms. The van der Waals surface area contributed by atoms with E-state index in [-0.39, 0.29) is 12.1 Å². The lowest BCUT2D eigenvalue weighted by Crippen LogP contribution is -2.39. The van der Waals surface area contributed by atoms with Crippen LogP contribution < -0.4 is 10.6 Å². The standard InChI is InChI=1S/C15H19N5O2/c21-15(18-11-13-5-2-9-22-13)17-10-12-4-1-6-16-14(12)20-8-3-7-19-20/h1,3-4,6-8,13H,2,5,9-11H2,(H2,17,18,21)/t13-/m1/s1. The number of hydrogen-bond donors (Lipinski definition) is 2. The van der Waals surface area contributed by atoms with Crippen molar-refractivity contribution in [2.45, 2.75) is 25.5 Å². The van der Waals surface area contributed by atoms with Gasteiger partial charge in [-0.25, -0.2) is 14.5 Å². The van der Waals surface area contributed by atoms with Crippen LogP contribution >= 0.6 is 0 Å². The van der Waals surface area contributed by atoms with Gasteiger partial charge < -0.3 is 15.4 Å². The topological polar surface area (TPSA) is 81.1 Å². The number of hydrogen-bond acceptors (Lipinski definition) is 4. The van der Waals surface area contributed by atoms with Crippen LogP contribution in [0.3, 0.4) is 0 Å². The van der Waals surface area contributed by atoms with E-state index in [0.29, 0.717) is 18.9 Å². The van der Waals surface area contributed by atoms with E-state index in [4.69, 9.17) is 4.74 Å². The smallest absolute Gasteiger partial charge is 0.315 e. The Bertz CT molecular complexity index is 608. The quantitative estimate of drug-likeness (QED) is 0.871. The Labute approximate surface area is 128 Å². The highest BCUT2D eigenvalue weighted by molar-refractivity contribution is 5.73. The summed E-state index contributed by atoms with van der Waals surface area (Å²) >= 11 is 0. The Morgan fingerprint density at radius 2 is 2.32 bits per heavy atom. The van der Waals surface area contributed by atoms with E-state index in [9.17, 15) is 4.79 Å². The molecule has 2 N–H and O–H groups in total. The van der Waals surface area contributed by atoms with Crippen LogP contribution in [0.5, 0.6) is 0 Å². The van der Waals surface area contributed by atoms with Crippen molar-refractivity contribution in [1.82, 2.24) is 25.4 Å². The molecule has 2 aromatic rings. The van der Waals surface area contributed by atoms with Crippen molar-refractivity contribution in [1.29, 1.82) is 0 Å². The zero-order chi connectivity index (χ0) is 15.2. The third-order valence-electron chi connectivity index (χ3n) is 3.54. The van der Waals surface area contributed by atoms with Crippen molar-refractivity contribution in [3.8, 4) is 5.82 Å². The minimum absolute atomic E-state index is 0.142. The van der Waals surface area contributed by atoms with Crippen LogP contribution in [0.4, 0.5) is 4.79 Å². The third kappa shape index (κ3) is 3.62. The van der Waals surface area contributed by atoms with Crippen LogP contribution in [0.25, 0.3) is 5.82 Å². The number of aromatic nitrogens is 3. The van der Waals surface area contributed by atoms with E-state index in [1.165, 1.54) is 0 Å². The fourth-order valence-corrected chi connectivity index (χ4v) is 2.42. The van der Waals surface area contributed by atoms with E-state index < -0.39 is 0 Å². The van der Waals surface area contributed by atoms with E-state index in [1.807, 2.05) is 24.4 Å². The van der Waals surface area contributed by atoms with Gasteiger partial charge >= 0.3 is 6.03 Å². The van der Waals surface area contributed by atoms with Gasteiger partial charge in [0.2, 0.25) is 0 Å². The zero-order valence-corrected chi connectivity index (χ0v) is 12.2. The van der Waals surface area contributed by atoms with Crippen LogP contribution in [0.15, 0.2) is 36.8 Å². The van der Waals surface area contributed by atoms with Crippen molar-refractivity contribution in [3.63, 3.8) is 0 Å². The molecule has 1 saturated heterocycles. The van der Waals surface area contributed by atoms with E-state index in [2.05, 4.69) is 20.7 Å². The molecule has 0 radical (unpaired) electrons. The molecule has 22 heavy (non-hydrogen) atoms. The summed E-state index contributed by atoms with van der Waals surface area (Å²) in [5.41, 5.74) is 0.901. The molecule has 0 spiro atoms. The number of rotatable bonds is 5. The number of nitrogens with zero attached hydrogens (tertiary/aromatic N) is 3. The molecule has 0 aromatic carbocycles. The lowest BCUT2D eigenvalue weighted by atomic mass is 10.2. The number of pyridine rings is 1. The minimum atomic E-state index is -0.203. The summed E-state index contributed by atoms with van der Waals surface area (Å²) in [6.45, 7) is 1.72. The van der Waals surface area contributed by atoms with Gasteiger partial charge in [-0.2, -0.15) is 5.10 Å². The summed E-state index contributed by atoms with van der Waals surface area (Å²) in [6, 6.07) is 5.39. The second-order valence-electron chi connectivity index (χ2n) is 5.14. The summed E-state index contributed by atoms with van der Waals surface area (Å²) in [5, 5.41) is 9.84. The number of ether oxygens (including phenoxy) is 1. The molecule has 1 fully saturated rings. The fourth-order valence-electron chi connectivity index (χ4n) is 2.42. The molecule has 1 atom stereocenters. The monoisotopic (exact) mass is 301 g/mol. The molecule has 0 saturated carbocycles. The number of nitrogens with one attached hydrogen (secondary N) is 2. The van der Waals surface area contributed by atoms with Gasteiger partial charge in [0.25, 0.3) is 0 Å². The largest absolute Gasteiger partial charge is 0.376 e. The molecular formula is C15H19N5O2. The number of urea groups is 1. The third-order valence-corrected chi connectivity index (χ3v) is 3.54. The van der Waals surface area contributed by atoms with E-state index >= 15 is 0 Å². The first-order valence-electron chi connectivity index (χ1n) is 7.40. The molecule has 3 rings (SSSR count). The first-order chi connectivity index (χ1) is 10.8. The van der Waals surface area contributed by atoms with Gasteiger partial charge in [-0.1, -0.05) is 6.07 Å². The van der Waals surface area contributed by atoms with Crippen molar-refractivity contribution < 1.29 is 9.53 Å². The Kier molecular flexibility index (Phi) is 4.65. The molecule has 3 heterocycles. The number of carbonyl (C=O) groups is 1. The molecule has 1 aliphatic heterocycles. The first-order valence-corrected chi connectivity index (χ1v) is 7.40. The Morgan fingerprint density at radius 3 is 3.09 bits per heavy atom. The van der Waals surface area contributed by atoms with Crippen LogP contribution in [0.2, 0.25) is 0 Å². The lowest BCUT2D eigenvalue weighted by Gasteiger charge is -2.13. The predicted molar refractivity (Wildman–Crippen MR) is 80.6 cm³/mol. The molecule has 0 bridgehead atoms. The van der Waals surface area contributed by atoms with Gasteiger partial charge in [-0.3, -0.25) is 0 Å². The lowest BCUT2D eigenvalue weighted by molar-refractivity contribution is 0.111. The van der Waals surface area contributed by atoms with Gasteiger partial charge in [-0.15, -0.1) is 0 Å².